The van der Waals surface area contributed by atoms with Gasteiger partial charge in [0.05, 0.1) is 12.1 Å². The van der Waals surface area contributed by atoms with Gasteiger partial charge < -0.3 is 10.0 Å². The van der Waals surface area contributed by atoms with E-state index in [2.05, 4.69) is 0 Å². The molecule has 0 aliphatic rings. The Morgan fingerprint density at radius 2 is 2.05 bits per heavy atom. The lowest BCUT2D eigenvalue weighted by Crippen LogP contribution is -2.46. The van der Waals surface area contributed by atoms with Gasteiger partial charge in [-0.15, -0.1) is 11.3 Å². The Labute approximate surface area is 130 Å². The molecule has 0 aliphatic carbocycles. The molecule has 1 N–H and O–H groups in total. The van der Waals surface area contributed by atoms with Gasteiger partial charge in [-0.3, -0.25) is 4.79 Å². The molecule has 0 spiro atoms. The molecule has 0 atom stereocenters. The van der Waals surface area contributed by atoms with Crippen LogP contribution in [-0.4, -0.2) is 60.9 Å². The highest BCUT2D eigenvalue weighted by Crippen LogP contribution is 2.19. The third kappa shape index (κ3) is 5.06. The molecular formula is C13H22N2O4S2. The van der Waals surface area contributed by atoms with Crippen LogP contribution in [0.2, 0.25) is 0 Å². The maximum atomic E-state index is 12.2. The fourth-order valence-corrected chi connectivity index (χ4v) is 4.10. The highest BCUT2D eigenvalue weighted by atomic mass is 32.2. The van der Waals surface area contributed by atoms with Gasteiger partial charge in [-0.25, -0.2) is 8.42 Å². The number of nitrogens with zero attached hydrogens (tertiary/aromatic N) is 2. The molecule has 0 fully saturated rings. The predicted octanol–water partition coefficient (Wildman–Crippen LogP) is 0.988. The van der Waals surface area contributed by atoms with Crippen molar-refractivity contribution < 1.29 is 18.3 Å². The normalized spacial score (nSPS) is 12.7. The van der Waals surface area contributed by atoms with Crippen LogP contribution in [0.15, 0.2) is 21.7 Å². The van der Waals surface area contributed by atoms with E-state index >= 15 is 0 Å². The van der Waals surface area contributed by atoms with Gasteiger partial charge in [0.1, 0.15) is 4.21 Å². The molecule has 0 aliphatic heterocycles. The first-order chi connectivity index (χ1) is 9.58. The molecule has 1 amide bonds. The van der Waals surface area contributed by atoms with E-state index in [1.165, 1.54) is 18.0 Å². The van der Waals surface area contributed by atoms with Crippen molar-refractivity contribution in [3.8, 4) is 0 Å². The smallest absolute Gasteiger partial charge is 0.252 e. The third-order valence-corrected chi connectivity index (χ3v) is 6.01. The van der Waals surface area contributed by atoms with Crippen LogP contribution in [0, 0.1) is 0 Å². The van der Waals surface area contributed by atoms with Crippen molar-refractivity contribution >= 4 is 27.3 Å². The standard InChI is InChI=1S/C13H22N2O4S2/c1-5-15(10-13(2,3)17)11(16)9-14(4)21(18,19)12-7-6-8-20-12/h6-8,17H,5,9-10H2,1-4H3. The van der Waals surface area contributed by atoms with E-state index < -0.39 is 15.6 Å². The Kier molecular flexibility index (Phi) is 5.92. The molecule has 120 valence electrons. The summed E-state index contributed by atoms with van der Waals surface area (Å²) in [5.41, 5.74) is -1.02. The third-order valence-electron chi connectivity index (χ3n) is 2.83. The summed E-state index contributed by atoms with van der Waals surface area (Å²) in [6.07, 6.45) is 0. The first-order valence-electron chi connectivity index (χ1n) is 6.58. The number of rotatable bonds is 7. The Morgan fingerprint density at radius 1 is 1.43 bits per heavy atom. The van der Waals surface area contributed by atoms with Crippen molar-refractivity contribution in [3.63, 3.8) is 0 Å². The summed E-state index contributed by atoms with van der Waals surface area (Å²) < 4.78 is 25.7. The monoisotopic (exact) mass is 334 g/mol. The summed E-state index contributed by atoms with van der Waals surface area (Å²) in [5.74, 6) is -0.331. The zero-order valence-electron chi connectivity index (χ0n) is 12.7. The highest BCUT2D eigenvalue weighted by Gasteiger charge is 2.27. The van der Waals surface area contributed by atoms with Crippen LogP contribution in [0.4, 0.5) is 0 Å². The fourth-order valence-electron chi connectivity index (χ4n) is 1.78. The minimum absolute atomic E-state index is 0.162. The average Bonchev–Trinajstić information content (AvgIpc) is 2.88. The summed E-state index contributed by atoms with van der Waals surface area (Å²) >= 11 is 1.11. The highest BCUT2D eigenvalue weighted by molar-refractivity contribution is 7.91. The quantitative estimate of drug-likeness (QED) is 0.806. The molecule has 0 radical (unpaired) electrons. The lowest BCUT2D eigenvalue weighted by atomic mass is 10.1. The maximum absolute atomic E-state index is 12.2. The molecule has 0 saturated heterocycles. The van der Waals surface area contributed by atoms with Crippen LogP contribution < -0.4 is 0 Å². The number of aliphatic hydroxyl groups is 1. The van der Waals surface area contributed by atoms with Crippen LogP contribution in [0.3, 0.4) is 0 Å². The second kappa shape index (κ2) is 6.87. The van der Waals surface area contributed by atoms with E-state index in [1.54, 1.807) is 32.2 Å². The second-order valence-corrected chi connectivity index (χ2v) is 8.63. The lowest BCUT2D eigenvalue weighted by molar-refractivity contribution is -0.133. The molecule has 6 nitrogen and oxygen atoms in total. The van der Waals surface area contributed by atoms with Crippen LogP contribution >= 0.6 is 11.3 Å². The zero-order valence-corrected chi connectivity index (χ0v) is 14.4. The summed E-state index contributed by atoms with van der Waals surface area (Å²) in [5, 5.41) is 11.5. The zero-order chi connectivity index (χ0) is 16.3. The van der Waals surface area contributed by atoms with E-state index in [0.29, 0.717) is 6.54 Å². The molecule has 0 aromatic carbocycles. The van der Waals surface area contributed by atoms with Gasteiger partial charge in [0.2, 0.25) is 5.91 Å². The minimum Gasteiger partial charge on any atom is -0.389 e. The van der Waals surface area contributed by atoms with Crippen LogP contribution in [0.5, 0.6) is 0 Å². The largest absolute Gasteiger partial charge is 0.389 e. The average molecular weight is 334 g/mol. The Bertz CT molecular complexity index is 561. The first kappa shape index (κ1) is 18.1. The number of hydrogen-bond donors (Lipinski definition) is 1. The Hall–Kier alpha value is -0.960. The van der Waals surface area contributed by atoms with E-state index in [1.807, 2.05) is 0 Å². The molecule has 21 heavy (non-hydrogen) atoms. The van der Waals surface area contributed by atoms with Gasteiger partial charge in [0.15, 0.2) is 0 Å². The minimum atomic E-state index is -3.63. The predicted molar refractivity (Wildman–Crippen MR) is 82.7 cm³/mol. The summed E-state index contributed by atoms with van der Waals surface area (Å²) in [7, 11) is -2.25. The molecule has 1 aromatic rings. The van der Waals surface area contributed by atoms with Gasteiger partial charge >= 0.3 is 0 Å². The molecule has 1 rings (SSSR count). The first-order valence-corrected chi connectivity index (χ1v) is 8.90. The number of sulfonamides is 1. The van der Waals surface area contributed by atoms with Crippen molar-refractivity contribution in [1.82, 2.24) is 9.21 Å². The van der Waals surface area contributed by atoms with Crippen molar-refractivity contribution in [3.05, 3.63) is 17.5 Å². The second-order valence-electron chi connectivity index (χ2n) is 5.41. The molecule has 0 bridgehead atoms. The number of thiophene rings is 1. The number of likely N-dealkylation sites (N-methyl/N-ethyl adjacent to an activating group) is 2. The number of carbonyl (C=O) groups is 1. The summed E-state index contributed by atoms with van der Waals surface area (Å²) in [4.78, 5) is 13.6. The van der Waals surface area contributed by atoms with Gasteiger partial charge in [-0.05, 0) is 32.2 Å². The van der Waals surface area contributed by atoms with Crippen LogP contribution in [0.1, 0.15) is 20.8 Å². The van der Waals surface area contributed by atoms with Gasteiger partial charge in [-0.2, -0.15) is 4.31 Å². The fraction of sp³-hybridized carbons (Fsp3) is 0.615. The summed E-state index contributed by atoms with van der Waals surface area (Å²) in [6.45, 7) is 5.33. The topological polar surface area (TPSA) is 77.9 Å². The van der Waals surface area contributed by atoms with E-state index in [4.69, 9.17) is 0 Å². The van der Waals surface area contributed by atoms with Gasteiger partial charge in [-0.1, -0.05) is 6.07 Å². The summed E-state index contributed by atoms with van der Waals surface area (Å²) in [6, 6.07) is 3.16. The number of carbonyl (C=O) groups excluding carboxylic acids is 1. The molecular weight excluding hydrogens is 312 g/mol. The Morgan fingerprint density at radius 3 is 2.48 bits per heavy atom. The van der Waals surface area contributed by atoms with Crippen LogP contribution in [0.25, 0.3) is 0 Å². The lowest BCUT2D eigenvalue weighted by Gasteiger charge is -2.29. The van der Waals surface area contributed by atoms with Crippen molar-refractivity contribution in [2.45, 2.75) is 30.6 Å². The molecule has 0 unspecified atom stereocenters. The number of hydrogen-bond acceptors (Lipinski definition) is 5. The van der Waals surface area contributed by atoms with Crippen molar-refractivity contribution in [1.29, 1.82) is 0 Å². The molecule has 1 heterocycles. The maximum Gasteiger partial charge on any atom is 0.252 e. The SMILES string of the molecule is CCN(CC(C)(C)O)C(=O)CN(C)S(=O)(=O)c1cccs1. The van der Waals surface area contributed by atoms with Gasteiger partial charge in [0.25, 0.3) is 10.0 Å². The molecule has 8 heteroatoms. The van der Waals surface area contributed by atoms with E-state index in [-0.39, 0.29) is 23.2 Å². The molecule has 0 saturated carbocycles. The number of amides is 1. The van der Waals surface area contributed by atoms with Gasteiger partial charge in [0, 0.05) is 20.1 Å². The van der Waals surface area contributed by atoms with E-state index in [0.717, 1.165) is 15.6 Å². The van der Waals surface area contributed by atoms with E-state index in [9.17, 15) is 18.3 Å². The van der Waals surface area contributed by atoms with Crippen molar-refractivity contribution in [2.24, 2.45) is 0 Å². The van der Waals surface area contributed by atoms with Crippen molar-refractivity contribution in [2.75, 3.05) is 26.7 Å². The molecule has 1 aromatic heterocycles. The van der Waals surface area contributed by atoms with Crippen LogP contribution in [-0.2, 0) is 14.8 Å². The Balaban J connectivity index is 2.78.